The number of nitrogens with zero attached hydrogens (tertiary/aromatic N) is 2. The van der Waals surface area contributed by atoms with Crippen LogP contribution in [0, 0.1) is 0 Å². The van der Waals surface area contributed by atoms with E-state index in [-0.39, 0.29) is 0 Å². The lowest BCUT2D eigenvalue weighted by atomic mass is 10.3. The van der Waals surface area contributed by atoms with E-state index in [0.29, 0.717) is 5.15 Å². The maximum absolute atomic E-state index is 5.80. The molecule has 14 heavy (non-hydrogen) atoms. The molecule has 0 N–H and O–H groups in total. The van der Waals surface area contributed by atoms with Gasteiger partial charge in [-0.2, -0.15) is 11.8 Å². The average Bonchev–Trinajstić information content (AvgIpc) is 2.15. The van der Waals surface area contributed by atoms with Gasteiger partial charge in [0.25, 0.3) is 0 Å². The Morgan fingerprint density at radius 1 is 1.50 bits per heavy atom. The Morgan fingerprint density at radius 2 is 2.29 bits per heavy atom. The highest BCUT2D eigenvalue weighted by atomic mass is 35.5. The van der Waals surface area contributed by atoms with E-state index >= 15 is 0 Å². The number of aromatic nitrogens is 1. The second-order valence-corrected chi connectivity index (χ2v) is 4.56. The Morgan fingerprint density at radius 3 is 2.93 bits per heavy atom. The van der Waals surface area contributed by atoms with Crippen molar-refractivity contribution in [1.29, 1.82) is 0 Å². The van der Waals surface area contributed by atoms with Crippen molar-refractivity contribution in [3.05, 3.63) is 29.0 Å². The summed E-state index contributed by atoms with van der Waals surface area (Å²) >= 11 is 7.65. The van der Waals surface area contributed by atoms with Gasteiger partial charge in [-0.15, -0.1) is 0 Å². The third-order valence-electron chi connectivity index (χ3n) is 1.88. The molecule has 0 spiro atoms. The van der Waals surface area contributed by atoms with Crippen molar-refractivity contribution >= 4 is 23.4 Å². The number of halogens is 1. The molecule has 1 aromatic rings. The number of hydrogen-bond donors (Lipinski definition) is 0. The molecule has 0 aliphatic rings. The molecule has 2 nitrogen and oxygen atoms in total. The molecular weight excluding hydrogens is 216 g/mol. The maximum atomic E-state index is 5.80. The van der Waals surface area contributed by atoms with E-state index < -0.39 is 0 Å². The second-order valence-electron chi connectivity index (χ2n) is 3.18. The number of pyridine rings is 1. The first kappa shape index (κ1) is 11.8. The molecule has 0 fully saturated rings. The van der Waals surface area contributed by atoms with Gasteiger partial charge in [-0.25, -0.2) is 4.98 Å². The summed E-state index contributed by atoms with van der Waals surface area (Å²) in [6, 6.07) is 5.74. The summed E-state index contributed by atoms with van der Waals surface area (Å²) in [5, 5.41) is 0.570. The van der Waals surface area contributed by atoms with Crippen molar-refractivity contribution < 1.29 is 0 Å². The molecule has 0 saturated heterocycles. The standard InChI is InChI=1S/C10H15ClN2S/c1-13(6-7-14-2)8-9-4-3-5-10(11)12-9/h3-5H,6-8H2,1-2H3. The van der Waals surface area contributed by atoms with Crippen molar-refractivity contribution in [1.82, 2.24) is 9.88 Å². The van der Waals surface area contributed by atoms with Gasteiger partial charge in [0.2, 0.25) is 0 Å². The maximum Gasteiger partial charge on any atom is 0.129 e. The molecule has 78 valence electrons. The van der Waals surface area contributed by atoms with E-state index in [0.717, 1.165) is 24.5 Å². The summed E-state index contributed by atoms with van der Waals surface area (Å²) in [5.74, 6) is 1.15. The summed E-state index contributed by atoms with van der Waals surface area (Å²) in [4.78, 5) is 6.48. The van der Waals surface area contributed by atoms with Crippen LogP contribution in [0.3, 0.4) is 0 Å². The largest absolute Gasteiger partial charge is 0.300 e. The summed E-state index contributed by atoms with van der Waals surface area (Å²) < 4.78 is 0. The molecule has 1 rings (SSSR count). The fraction of sp³-hybridized carbons (Fsp3) is 0.500. The van der Waals surface area contributed by atoms with Crippen LogP contribution in [0.2, 0.25) is 5.15 Å². The molecule has 1 heterocycles. The van der Waals surface area contributed by atoms with Crippen LogP contribution < -0.4 is 0 Å². The Labute approximate surface area is 94.7 Å². The molecule has 0 aromatic carbocycles. The van der Waals surface area contributed by atoms with Gasteiger partial charge in [-0.1, -0.05) is 17.7 Å². The molecule has 0 aliphatic carbocycles. The van der Waals surface area contributed by atoms with Crippen molar-refractivity contribution in [2.75, 3.05) is 25.6 Å². The van der Waals surface area contributed by atoms with Crippen molar-refractivity contribution in [2.45, 2.75) is 6.54 Å². The first-order valence-electron chi connectivity index (χ1n) is 4.51. The van der Waals surface area contributed by atoms with Crippen LogP contribution in [0.25, 0.3) is 0 Å². The van der Waals surface area contributed by atoms with Crippen molar-refractivity contribution in [2.24, 2.45) is 0 Å². The minimum absolute atomic E-state index is 0.570. The minimum atomic E-state index is 0.570. The van der Waals surface area contributed by atoms with Gasteiger partial charge in [-0.05, 0) is 25.4 Å². The Hall–Kier alpha value is -0.250. The molecule has 0 aliphatic heterocycles. The quantitative estimate of drug-likeness (QED) is 0.724. The first-order valence-corrected chi connectivity index (χ1v) is 6.28. The first-order chi connectivity index (χ1) is 6.72. The normalized spacial score (nSPS) is 10.9. The summed E-state index contributed by atoms with van der Waals surface area (Å²) in [5.41, 5.74) is 1.03. The van der Waals surface area contributed by atoms with Crippen LogP contribution in [-0.2, 0) is 6.54 Å². The zero-order valence-electron chi connectivity index (χ0n) is 8.53. The Kier molecular flexibility index (Phi) is 5.30. The van der Waals surface area contributed by atoms with Gasteiger partial charge in [0.05, 0.1) is 5.69 Å². The molecule has 0 saturated carbocycles. The van der Waals surface area contributed by atoms with E-state index in [4.69, 9.17) is 11.6 Å². The zero-order chi connectivity index (χ0) is 10.4. The third-order valence-corrected chi connectivity index (χ3v) is 2.68. The highest BCUT2D eigenvalue weighted by Gasteiger charge is 2.01. The molecule has 0 bridgehead atoms. The molecule has 0 radical (unpaired) electrons. The highest BCUT2D eigenvalue weighted by Crippen LogP contribution is 2.07. The summed E-state index contributed by atoms with van der Waals surface area (Å²) in [7, 11) is 2.10. The van der Waals surface area contributed by atoms with Crippen LogP contribution in [-0.4, -0.2) is 35.5 Å². The zero-order valence-corrected chi connectivity index (χ0v) is 10.1. The lowest BCUT2D eigenvalue weighted by Gasteiger charge is -2.15. The fourth-order valence-corrected chi connectivity index (χ4v) is 1.82. The lowest BCUT2D eigenvalue weighted by Crippen LogP contribution is -2.21. The van der Waals surface area contributed by atoms with Crippen LogP contribution in [0.15, 0.2) is 18.2 Å². The third kappa shape index (κ3) is 4.31. The molecule has 0 unspecified atom stereocenters. The Balaban J connectivity index is 2.43. The predicted molar refractivity (Wildman–Crippen MR) is 64.0 cm³/mol. The molecule has 0 amide bonds. The topological polar surface area (TPSA) is 16.1 Å². The van der Waals surface area contributed by atoms with E-state index in [1.165, 1.54) is 0 Å². The number of hydrogen-bond acceptors (Lipinski definition) is 3. The van der Waals surface area contributed by atoms with E-state index in [9.17, 15) is 0 Å². The van der Waals surface area contributed by atoms with Crippen molar-refractivity contribution in [3.8, 4) is 0 Å². The van der Waals surface area contributed by atoms with E-state index in [1.54, 1.807) is 6.07 Å². The molecule has 0 atom stereocenters. The van der Waals surface area contributed by atoms with Crippen LogP contribution in [0.4, 0.5) is 0 Å². The average molecular weight is 231 g/mol. The lowest BCUT2D eigenvalue weighted by molar-refractivity contribution is 0.344. The summed E-state index contributed by atoms with van der Waals surface area (Å²) in [6.45, 7) is 1.94. The van der Waals surface area contributed by atoms with E-state index in [2.05, 4.69) is 23.2 Å². The van der Waals surface area contributed by atoms with Gasteiger partial charge in [0.1, 0.15) is 5.15 Å². The van der Waals surface area contributed by atoms with Gasteiger partial charge >= 0.3 is 0 Å². The Bertz CT molecular complexity index is 281. The van der Waals surface area contributed by atoms with Gasteiger partial charge in [0, 0.05) is 18.8 Å². The molecule has 1 aromatic heterocycles. The summed E-state index contributed by atoms with van der Waals surface area (Å²) in [6.07, 6.45) is 2.12. The van der Waals surface area contributed by atoms with Crippen LogP contribution >= 0.6 is 23.4 Å². The number of thioether (sulfide) groups is 1. The van der Waals surface area contributed by atoms with E-state index in [1.807, 2.05) is 23.9 Å². The molecule has 4 heteroatoms. The van der Waals surface area contributed by atoms with Crippen LogP contribution in [0.5, 0.6) is 0 Å². The molecular formula is C10H15ClN2S. The highest BCUT2D eigenvalue weighted by molar-refractivity contribution is 7.98. The van der Waals surface area contributed by atoms with Crippen LogP contribution in [0.1, 0.15) is 5.69 Å². The van der Waals surface area contributed by atoms with Gasteiger partial charge < -0.3 is 0 Å². The minimum Gasteiger partial charge on any atom is -0.300 e. The number of rotatable bonds is 5. The fourth-order valence-electron chi connectivity index (χ4n) is 1.14. The smallest absolute Gasteiger partial charge is 0.129 e. The SMILES string of the molecule is CSCCN(C)Cc1cccc(Cl)n1. The monoisotopic (exact) mass is 230 g/mol. The second kappa shape index (κ2) is 6.27. The van der Waals surface area contributed by atoms with Gasteiger partial charge in [-0.3, -0.25) is 4.90 Å². The van der Waals surface area contributed by atoms with Crippen molar-refractivity contribution in [3.63, 3.8) is 0 Å². The predicted octanol–water partition coefficient (Wildman–Crippen LogP) is 2.53. The van der Waals surface area contributed by atoms with Gasteiger partial charge in [0.15, 0.2) is 0 Å².